The number of aromatic nitrogens is 3. The van der Waals surface area contributed by atoms with Crippen LogP contribution in [0.3, 0.4) is 0 Å². The van der Waals surface area contributed by atoms with E-state index < -0.39 is 5.82 Å². The van der Waals surface area contributed by atoms with Crippen LogP contribution in [0.25, 0.3) is 10.9 Å². The maximum absolute atomic E-state index is 14.6. The third-order valence-electron chi connectivity index (χ3n) is 3.86. The van der Waals surface area contributed by atoms with Crippen molar-refractivity contribution in [2.24, 2.45) is 0 Å². The standard InChI is InChI=1S/C16H17BrClFN4OS/c1-3-9-8-24-7-5-6-23(9)15-10-12(20-16(22-15)25-4-2)11(19)14(18)21-13(10)17/h3,9H,1,4-8H2,2H3/t9-/m0/s1. The summed E-state index contributed by atoms with van der Waals surface area (Å²) in [6.45, 7) is 7.79. The first-order valence-electron chi connectivity index (χ1n) is 7.88. The van der Waals surface area contributed by atoms with Gasteiger partial charge in [0.05, 0.1) is 18.0 Å². The summed E-state index contributed by atoms with van der Waals surface area (Å²) in [6.07, 6.45) is 2.66. The van der Waals surface area contributed by atoms with Crippen LogP contribution < -0.4 is 4.90 Å². The number of hydrogen-bond donors (Lipinski definition) is 0. The molecular weight excluding hydrogens is 431 g/mol. The molecule has 0 saturated carbocycles. The van der Waals surface area contributed by atoms with Crippen molar-refractivity contribution < 1.29 is 9.13 Å². The van der Waals surface area contributed by atoms with Crippen molar-refractivity contribution >= 4 is 56.0 Å². The second-order valence-corrected chi connectivity index (χ2v) is 7.76. The summed E-state index contributed by atoms with van der Waals surface area (Å²) in [5.74, 6) is 0.759. The van der Waals surface area contributed by atoms with Gasteiger partial charge in [-0.3, -0.25) is 0 Å². The SMILES string of the molecule is C=C[C@H]1COCCCN1c1nc(SCC)nc2c(F)c(Cl)nc(Br)c12. The van der Waals surface area contributed by atoms with Crippen molar-refractivity contribution in [3.8, 4) is 0 Å². The summed E-state index contributed by atoms with van der Waals surface area (Å²) < 4.78 is 20.7. The number of nitrogens with zero attached hydrogens (tertiary/aromatic N) is 4. The van der Waals surface area contributed by atoms with Crippen LogP contribution in [0.4, 0.5) is 10.2 Å². The zero-order chi connectivity index (χ0) is 18.0. The molecule has 1 aliphatic heterocycles. The Morgan fingerprint density at radius 1 is 1.48 bits per heavy atom. The fourth-order valence-corrected chi connectivity index (χ4v) is 4.11. The van der Waals surface area contributed by atoms with Crippen molar-refractivity contribution in [2.75, 3.05) is 30.4 Å². The molecule has 1 atom stereocenters. The summed E-state index contributed by atoms with van der Waals surface area (Å²) in [5, 5.41) is 0.804. The van der Waals surface area contributed by atoms with Gasteiger partial charge in [-0.1, -0.05) is 36.4 Å². The first-order valence-corrected chi connectivity index (χ1v) is 10.0. The molecule has 0 amide bonds. The molecule has 0 N–H and O–H groups in total. The Morgan fingerprint density at radius 3 is 3.00 bits per heavy atom. The zero-order valence-corrected chi connectivity index (χ0v) is 16.8. The lowest BCUT2D eigenvalue weighted by molar-refractivity contribution is 0.142. The highest BCUT2D eigenvalue weighted by Crippen LogP contribution is 2.36. The van der Waals surface area contributed by atoms with Crippen LogP contribution in [0.5, 0.6) is 0 Å². The second-order valence-electron chi connectivity index (χ2n) is 5.42. The predicted octanol–water partition coefficient (Wildman–Crippen LogP) is 4.47. The van der Waals surface area contributed by atoms with Crippen molar-refractivity contribution in [3.63, 3.8) is 0 Å². The van der Waals surface area contributed by atoms with E-state index in [2.05, 4.69) is 42.4 Å². The van der Waals surface area contributed by atoms with E-state index >= 15 is 0 Å². The minimum atomic E-state index is -0.636. The Kier molecular flexibility index (Phi) is 6.14. The zero-order valence-electron chi connectivity index (χ0n) is 13.6. The Balaban J connectivity index is 2.27. The van der Waals surface area contributed by atoms with Crippen molar-refractivity contribution in [1.29, 1.82) is 0 Å². The molecule has 0 unspecified atom stereocenters. The van der Waals surface area contributed by atoms with Gasteiger partial charge < -0.3 is 9.64 Å². The maximum Gasteiger partial charge on any atom is 0.190 e. The van der Waals surface area contributed by atoms with Crippen molar-refractivity contribution in [3.05, 3.63) is 28.2 Å². The van der Waals surface area contributed by atoms with Gasteiger partial charge in [0.25, 0.3) is 0 Å². The van der Waals surface area contributed by atoms with Gasteiger partial charge in [-0.05, 0) is 28.1 Å². The Labute approximate surface area is 163 Å². The summed E-state index contributed by atoms with van der Waals surface area (Å²) in [6, 6.07) is -0.0642. The first kappa shape index (κ1) is 18.8. The van der Waals surface area contributed by atoms with Gasteiger partial charge >= 0.3 is 0 Å². The molecule has 2 aromatic rings. The number of hydrogen-bond acceptors (Lipinski definition) is 6. The van der Waals surface area contributed by atoms with Crippen LogP contribution in [-0.2, 0) is 4.74 Å². The van der Waals surface area contributed by atoms with Crippen LogP contribution in [0, 0.1) is 5.82 Å². The molecule has 1 fully saturated rings. The third-order valence-corrected chi connectivity index (χ3v) is 5.41. The average molecular weight is 448 g/mol. The maximum atomic E-state index is 14.6. The number of pyridine rings is 1. The minimum absolute atomic E-state index is 0.0642. The largest absolute Gasteiger partial charge is 0.379 e. The van der Waals surface area contributed by atoms with Crippen LogP contribution >= 0.6 is 39.3 Å². The van der Waals surface area contributed by atoms with Crippen LogP contribution in [0.1, 0.15) is 13.3 Å². The Bertz CT molecular complexity index is 810. The van der Waals surface area contributed by atoms with Crippen molar-refractivity contribution in [1.82, 2.24) is 15.0 Å². The molecule has 9 heteroatoms. The van der Waals surface area contributed by atoms with Gasteiger partial charge in [0, 0.05) is 13.2 Å². The minimum Gasteiger partial charge on any atom is -0.379 e. The molecule has 134 valence electrons. The number of anilines is 1. The fraction of sp³-hybridized carbons (Fsp3) is 0.438. The predicted molar refractivity (Wildman–Crippen MR) is 103 cm³/mol. The lowest BCUT2D eigenvalue weighted by Crippen LogP contribution is -2.37. The van der Waals surface area contributed by atoms with Gasteiger partial charge in [0.2, 0.25) is 0 Å². The highest BCUT2D eigenvalue weighted by atomic mass is 79.9. The van der Waals surface area contributed by atoms with Crippen LogP contribution in [0.2, 0.25) is 5.15 Å². The molecule has 0 aromatic carbocycles. The molecule has 0 bridgehead atoms. The van der Waals surface area contributed by atoms with E-state index in [-0.39, 0.29) is 16.7 Å². The average Bonchev–Trinajstić information content (AvgIpc) is 2.84. The van der Waals surface area contributed by atoms with E-state index in [0.29, 0.717) is 34.2 Å². The van der Waals surface area contributed by atoms with E-state index in [1.54, 1.807) is 0 Å². The molecule has 25 heavy (non-hydrogen) atoms. The molecular formula is C16H17BrClFN4OS. The number of fused-ring (bicyclic) bond motifs is 1. The highest BCUT2D eigenvalue weighted by molar-refractivity contribution is 9.10. The van der Waals surface area contributed by atoms with Gasteiger partial charge in [0.15, 0.2) is 16.1 Å². The number of halogens is 3. The molecule has 3 heterocycles. The second kappa shape index (κ2) is 8.16. The van der Waals surface area contributed by atoms with E-state index in [1.165, 1.54) is 11.8 Å². The lowest BCUT2D eigenvalue weighted by Gasteiger charge is -2.29. The fourth-order valence-electron chi connectivity index (χ4n) is 2.72. The molecule has 0 spiro atoms. The molecule has 1 saturated heterocycles. The Hall–Kier alpha value is -0.960. The monoisotopic (exact) mass is 446 g/mol. The van der Waals surface area contributed by atoms with Gasteiger partial charge in [-0.15, -0.1) is 6.58 Å². The first-order chi connectivity index (χ1) is 12.1. The molecule has 2 aromatic heterocycles. The quantitative estimate of drug-likeness (QED) is 0.298. The van der Waals surface area contributed by atoms with E-state index in [9.17, 15) is 4.39 Å². The summed E-state index contributed by atoms with van der Waals surface area (Å²) in [5.41, 5.74) is 0.167. The summed E-state index contributed by atoms with van der Waals surface area (Å²) in [4.78, 5) is 15.2. The van der Waals surface area contributed by atoms with E-state index in [4.69, 9.17) is 16.3 Å². The topological polar surface area (TPSA) is 51.1 Å². The Morgan fingerprint density at radius 2 is 2.28 bits per heavy atom. The van der Waals surface area contributed by atoms with Gasteiger partial charge in [0.1, 0.15) is 15.9 Å². The van der Waals surface area contributed by atoms with E-state index in [0.717, 1.165) is 18.7 Å². The molecule has 3 rings (SSSR count). The molecule has 0 aliphatic carbocycles. The number of ether oxygens (including phenoxy) is 1. The van der Waals surface area contributed by atoms with Crippen LogP contribution in [-0.4, -0.2) is 46.5 Å². The number of thioether (sulfide) groups is 1. The van der Waals surface area contributed by atoms with Crippen molar-refractivity contribution in [2.45, 2.75) is 24.5 Å². The van der Waals surface area contributed by atoms with Crippen LogP contribution in [0.15, 0.2) is 22.4 Å². The van der Waals surface area contributed by atoms with Gasteiger partial charge in [-0.25, -0.2) is 19.3 Å². The summed E-state index contributed by atoms with van der Waals surface area (Å²) >= 11 is 10.8. The lowest BCUT2D eigenvalue weighted by atomic mass is 10.2. The smallest absolute Gasteiger partial charge is 0.190 e. The highest BCUT2D eigenvalue weighted by Gasteiger charge is 2.26. The normalized spacial score (nSPS) is 18.4. The third kappa shape index (κ3) is 3.77. The molecule has 5 nitrogen and oxygen atoms in total. The molecule has 1 aliphatic rings. The van der Waals surface area contributed by atoms with E-state index in [1.807, 2.05) is 13.0 Å². The summed E-state index contributed by atoms with van der Waals surface area (Å²) in [7, 11) is 0. The number of rotatable bonds is 4. The molecule has 0 radical (unpaired) electrons. The van der Waals surface area contributed by atoms with Gasteiger partial charge in [-0.2, -0.15) is 0 Å².